The Morgan fingerprint density at radius 3 is 1.00 bits per heavy atom. The maximum absolute atomic E-state index is 13.4. The first kappa shape index (κ1) is 59.2. The molecular formula is C42H86N14O7. The smallest absolute Gasteiger partial charge is 0.243 e. The zero-order valence-electron chi connectivity index (χ0n) is 37.9. The van der Waals surface area contributed by atoms with Crippen LogP contribution < -0.4 is 77.8 Å². The Hall–Kier alpha value is -3.83. The van der Waals surface area contributed by atoms with Gasteiger partial charge in [0.25, 0.3) is 0 Å². The standard InChI is InChI=1S/C42H86N14O7/c43-22-8-1-16-31(47)37(58)51-26-13-6-20-35(55-39(60)33(49)18-3-10-24-45)41(62)53-28-12-5-15-30(29-57)54-42(63)36(56-40(61)34(50)19-4-11-25-46)21-7-14-27-52-38(59)32(48)17-2-9-23-44/h29-36H,1-28,43-50H2,(H,51,58)(H,52,59)(H,53,62)(H,54,63)(H,55,60)(H,56,61). The van der Waals surface area contributed by atoms with Gasteiger partial charge in [-0.05, 0) is 135 Å². The van der Waals surface area contributed by atoms with E-state index in [0.717, 1.165) is 32.1 Å². The minimum Gasteiger partial charge on any atom is -0.355 e. The summed E-state index contributed by atoms with van der Waals surface area (Å²) in [6.45, 7) is 2.95. The Labute approximate surface area is 375 Å². The number of aldehydes is 1. The zero-order valence-corrected chi connectivity index (χ0v) is 37.9. The second kappa shape index (κ2) is 38.6. The highest BCUT2D eigenvalue weighted by molar-refractivity contribution is 5.91. The molecule has 0 heterocycles. The summed E-state index contributed by atoms with van der Waals surface area (Å²) < 4.78 is 0. The van der Waals surface area contributed by atoms with Crippen molar-refractivity contribution in [2.75, 3.05) is 45.8 Å². The predicted molar refractivity (Wildman–Crippen MR) is 246 cm³/mol. The van der Waals surface area contributed by atoms with Crippen LogP contribution in [0.4, 0.5) is 0 Å². The SMILES string of the molecule is NCCCCC(N)C(=O)NCCCCC(NC(=O)C(N)CCCCN)C(=O)NCCCCC(C=O)NC(=O)C(CCCCNC(=O)C(N)CCCCN)NC(=O)C(N)CCCCN. The summed E-state index contributed by atoms with van der Waals surface area (Å²) in [6, 6.07) is -5.61. The van der Waals surface area contributed by atoms with E-state index in [1.807, 2.05) is 0 Å². The van der Waals surface area contributed by atoms with Crippen LogP contribution in [0.25, 0.3) is 0 Å². The van der Waals surface area contributed by atoms with Crippen LogP contribution >= 0.6 is 0 Å². The van der Waals surface area contributed by atoms with Crippen LogP contribution in [-0.2, 0) is 33.6 Å². The highest BCUT2D eigenvalue weighted by Crippen LogP contribution is 2.08. The maximum Gasteiger partial charge on any atom is 0.243 e. The molecule has 7 atom stereocenters. The van der Waals surface area contributed by atoms with Crippen molar-refractivity contribution in [3.63, 3.8) is 0 Å². The van der Waals surface area contributed by atoms with E-state index in [0.29, 0.717) is 135 Å². The first-order valence-corrected chi connectivity index (χ1v) is 23.3. The van der Waals surface area contributed by atoms with Crippen LogP contribution in [0.3, 0.4) is 0 Å². The van der Waals surface area contributed by atoms with Crippen molar-refractivity contribution in [3.05, 3.63) is 0 Å². The van der Waals surface area contributed by atoms with Crippen molar-refractivity contribution >= 4 is 41.7 Å². The molecule has 0 aromatic carbocycles. The zero-order chi connectivity index (χ0) is 47.3. The Morgan fingerprint density at radius 1 is 0.349 bits per heavy atom. The van der Waals surface area contributed by atoms with Crippen molar-refractivity contribution in [2.24, 2.45) is 45.9 Å². The van der Waals surface area contributed by atoms with E-state index in [1.165, 1.54) is 0 Å². The first-order valence-electron chi connectivity index (χ1n) is 23.3. The number of carbonyl (C=O) groups excluding carboxylic acids is 7. The van der Waals surface area contributed by atoms with E-state index < -0.39 is 65.9 Å². The quantitative estimate of drug-likeness (QED) is 0.0220. The van der Waals surface area contributed by atoms with Gasteiger partial charge in [-0.15, -0.1) is 0 Å². The predicted octanol–water partition coefficient (Wildman–Crippen LogP) is -2.68. The van der Waals surface area contributed by atoms with Crippen LogP contribution in [-0.4, -0.2) is 130 Å². The average Bonchev–Trinajstić information content (AvgIpc) is 3.26. The molecule has 0 bridgehead atoms. The van der Waals surface area contributed by atoms with E-state index >= 15 is 0 Å². The number of unbranched alkanes of at least 4 members (excludes halogenated alkanes) is 7. The molecule has 0 saturated heterocycles. The van der Waals surface area contributed by atoms with E-state index in [-0.39, 0.29) is 31.2 Å². The molecular weight excluding hydrogens is 813 g/mol. The fraction of sp³-hybridized carbons (Fsp3) is 0.833. The number of hydrogen-bond donors (Lipinski definition) is 14. The molecule has 22 N–H and O–H groups in total. The molecule has 0 radical (unpaired) electrons. The Morgan fingerprint density at radius 2 is 0.651 bits per heavy atom. The van der Waals surface area contributed by atoms with Crippen LogP contribution in [0.5, 0.6) is 0 Å². The largest absolute Gasteiger partial charge is 0.355 e. The van der Waals surface area contributed by atoms with Crippen molar-refractivity contribution in [1.29, 1.82) is 0 Å². The van der Waals surface area contributed by atoms with Crippen molar-refractivity contribution in [3.8, 4) is 0 Å². The highest BCUT2D eigenvalue weighted by atomic mass is 16.2. The summed E-state index contributed by atoms with van der Waals surface area (Å²) in [6.07, 6.45) is 12.1. The summed E-state index contributed by atoms with van der Waals surface area (Å²) in [5.74, 6) is -2.39. The van der Waals surface area contributed by atoms with Gasteiger partial charge >= 0.3 is 0 Å². The van der Waals surface area contributed by atoms with Gasteiger partial charge < -0.3 is 82.6 Å². The number of hydrogen-bond acceptors (Lipinski definition) is 15. The second-order valence-corrected chi connectivity index (χ2v) is 16.3. The minimum atomic E-state index is -0.977. The third-order valence-electron chi connectivity index (χ3n) is 10.7. The Kier molecular flexibility index (Phi) is 36.3. The van der Waals surface area contributed by atoms with E-state index in [4.69, 9.17) is 45.9 Å². The number of carbonyl (C=O) groups is 7. The lowest BCUT2D eigenvalue weighted by molar-refractivity contribution is -0.131. The molecule has 0 saturated carbocycles. The van der Waals surface area contributed by atoms with E-state index in [1.54, 1.807) is 0 Å². The molecule has 0 fully saturated rings. The van der Waals surface area contributed by atoms with Crippen LogP contribution in [0.1, 0.15) is 135 Å². The topological polar surface area (TPSA) is 400 Å². The molecule has 6 amide bonds. The highest BCUT2D eigenvalue weighted by Gasteiger charge is 2.26. The Balaban J connectivity index is 5.26. The number of amides is 6. The summed E-state index contributed by atoms with van der Waals surface area (Å²) in [5.41, 5.74) is 46.3. The third kappa shape index (κ3) is 30.0. The minimum absolute atomic E-state index is 0.234. The summed E-state index contributed by atoms with van der Waals surface area (Å²) in [5, 5.41) is 16.7. The van der Waals surface area contributed by atoms with Gasteiger partial charge in [-0.3, -0.25) is 28.8 Å². The molecule has 0 rings (SSSR count). The lowest BCUT2D eigenvalue weighted by Gasteiger charge is -2.23. The molecule has 0 aromatic rings. The van der Waals surface area contributed by atoms with Gasteiger partial charge in [-0.1, -0.05) is 25.7 Å². The monoisotopic (exact) mass is 899 g/mol. The van der Waals surface area contributed by atoms with Crippen LogP contribution in [0.15, 0.2) is 0 Å². The van der Waals surface area contributed by atoms with Gasteiger partial charge in [0.2, 0.25) is 35.4 Å². The lowest BCUT2D eigenvalue weighted by atomic mass is 10.0. The molecule has 63 heavy (non-hydrogen) atoms. The molecule has 366 valence electrons. The molecule has 0 aliphatic rings. The van der Waals surface area contributed by atoms with Crippen LogP contribution in [0, 0.1) is 0 Å². The lowest BCUT2D eigenvalue weighted by Crippen LogP contribution is -2.53. The van der Waals surface area contributed by atoms with Crippen molar-refractivity contribution in [1.82, 2.24) is 31.9 Å². The molecule has 0 aliphatic carbocycles. The van der Waals surface area contributed by atoms with Crippen molar-refractivity contribution in [2.45, 2.75) is 177 Å². The average molecular weight is 899 g/mol. The normalized spacial score (nSPS) is 14.5. The van der Waals surface area contributed by atoms with Crippen LogP contribution in [0.2, 0.25) is 0 Å². The number of rotatable bonds is 41. The van der Waals surface area contributed by atoms with Gasteiger partial charge in [0.05, 0.1) is 30.2 Å². The number of nitrogens with one attached hydrogen (secondary N) is 6. The molecule has 0 aromatic heterocycles. The molecule has 21 heteroatoms. The molecule has 7 unspecified atom stereocenters. The summed E-state index contributed by atoms with van der Waals surface area (Å²) in [4.78, 5) is 89.3. The van der Waals surface area contributed by atoms with E-state index in [9.17, 15) is 33.6 Å². The van der Waals surface area contributed by atoms with E-state index in [2.05, 4.69) is 31.9 Å². The third-order valence-corrected chi connectivity index (χ3v) is 10.7. The first-order chi connectivity index (χ1) is 30.2. The summed E-state index contributed by atoms with van der Waals surface area (Å²) >= 11 is 0. The maximum atomic E-state index is 13.4. The fourth-order valence-corrected chi connectivity index (χ4v) is 6.57. The molecule has 21 nitrogen and oxygen atoms in total. The molecule has 0 aliphatic heterocycles. The van der Waals surface area contributed by atoms with Gasteiger partial charge in [0.1, 0.15) is 18.4 Å². The second-order valence-electron chi connectivity index (χ2n) is 16.3. The number of nitrogens with two attached hydrogens (primary N) is 8. The Bertz CT molecular complexity index is 1280. The van der Waals surface area contributed by atoms with Crippen molar-refractivity contribution < 1.29 is 33.6 Å². The van der Waals surface area contributed by atoms with Gasteiger partial charge in [-0.2, -0.15) is 0 Å². The van der Waals surface area contributed by atoms with Gasteiger partial charge in [-0.25, -0.2) is 0 Å². The summed E-state index contributed by atoms with van der Waals surface area (Å²) in [7, 11) is 0. The van der Waals surface area contributed by atoms with Gasteiger partial charge in [0, 0.05) is 19.6 Å². The van der Waals surface area contributed by atoms with Gasteiger partial charge in [0.15, 0.2) is 0 Å². The molecule has 0 spiro atoms. The fourth-order valence-electron chi connectivity index (χ4n) is 6.57.